The van der Waals surface area contributed by atoms with Gasteiger partial charge in [0.1, 0.15) is 5.75 Å². The van der Waals surface area contributed by atoms with Crippen LogP contribution in [0, 0.1) is 11.8 Å². The standard InChI is InChI=1S/C14H18BrNO5S/c1-9-5-10(14(17)18)8-16(7-9)22(19,20)11-3-4-12(15)13(6-11)21-2/h3-4,6,9-10H,5,7-8H2,1-2H3,(H,17,18). The molecular formula is C14H18BrNO5S. The van der Waals surface area contributed by atoms with Crippen LogP contribution in [0.4, 0.5) is 0 Å². The first-order valence-electron chi connectivity index (χ1n) is 6.82. The van der Waals surface area contributed by atoms with Gasteiger partial charge in [0.25, 0.3) is 0 Å². The third kappa shape index (κ3) is 3.44. The predicted molar refractivity (Wildman–Crippen MR) is 84.4 cm³/mol. The molecule has 1 saturated heterocycles. The average Bonchev–Trinajstić information content (AvgIpc) is 2.46. The summed E-state index contributed by atoms with van der Waals surface area (Å²) < 4.78 is 32.5. The first kappa shape index (κ1) is 17.2. The number of carboxylic acids is 1. The molecule has 1 fully saturated rings. The van der Waals surface area contributed by atoms with Crippen molar-refractivity contribution in [2.24, 2.45) is 11.8 Å². The van der Waals surface area contributed by atoms with Crippen LogP contribution in [0.3, 0.4) is 0 Å². The van der Waals surface area contributed by atoms with Crippen molar-refractivity contribution in [2.45, 2.75) is 18.2 Å². The summed E-state index contributed by atoms with van der Waals surface area (Å²) in [6.07, 6.45) is 0.491. The molecule has 22 heavy (non-hydrogen) atoms. The highest BCUT2D eigenvalue weighted by molar-refractivity contribution is 9.10. The number of carbonyl (C=O) groups is 1. The summed E-state index contributed by atoms with van der Waals surface area (Å²) in [4.78, 5) is 11.3. The van der Waals surface area contributed by atoms with Crippen LogP contribution in [-0.4, -0.2) is 44.0 Å². The number of halogens is 1. The van der Waals surface area contributed by atoms with Gasteiger partial charge in [-0.15, -0.1) is 0 Å². The molecule has 0 saturated carbocycles. The van der Waals surface area contributed by atoms with E-state index in [1.54, 1.807) is 6.07 Å². The van der Waals surface area contributed by atoms with Gasteiger partial charge >= 0.3 is 5.97 Å². The Bertz CT molecular complexity index is 676. The maximum absolute atomic E-state index is 12.7. The molecule has 1 aromatic carbocycles. The summed E-state index contributed by atoms with van der Waals surface area (Å²) in [6.45, 7) is 2.19. The second-order valence-corrected chi connectivity index (χ2v) is 8.29. The van der Waals surface area contributed by atoms with Gasteiger partial charge in [-0.3, -0.25) is 4.79 Å². The molecule has 0 aromatic heterocycles. The van der Waals surface area contributed by atoms with Crippen LogP contribution >= 0.6 is 15.9 Å². The van der Waals surface area contributed by atoms with Crippen LogP contribution < -0.4 is 4.74 Å². The molecule has 0 spiro atoms. The molecule has 0 amide bonds. The van der Waals surface area contributed by atoms with Gasteiger partial charge in [-0.25, -0.2) is 8.42 Å². The fraction of sp³-hybridized carbons (Fsp3) is 0.500. The van der Waals surface area contributed by atoms with Crippen LogP contribution in [0.1, 0.15) is 13.3 Å². The van der Waals surface area contributed by atoms with E-state index in [2.05, 4.69) is 15.9 Å². The minimum absolute atomic E-state index is 0.000383. The molecule has 1 N–H and O–H groups in total. The SMILES string of the molecule is COc1cc(S(=O)(=O)N2CC(C)CC(C(=O)O)C2)ccc1Br. The van der Waals surface area contributed by atoms with Gasteiger partial charge in [0, 0.05) is 19.2 Å². The molecule has 6 nitrogen and oxygen atoms in total. The third-order valence-corrected chi connectivity index (χ3v) is 6.22. The van der Waals surface area contributed by atoms with E-state index in [9.17, 15) is 18.3 Å². The van der Waals surface area contributed by atoms with Crippen molar-refractivity contribution in [1.82, 2.24) is 4.31 Å². The van der Waals surface area contributed by atoms with E-state index in [-0.39, 0.29) is 17.4 Å². The molecule has 2 unspecified atom stereocenters. The summed E-state index contributed by atoms with van der Waals surface area (Å²) in [5, 5.41) is 9.18. The van der Waals surface area contributed by atoms with Gasteiger partial charge in [-0.1, -0.05) is 6.92 Å². The molecule has 0 bridgehead atoms. The monoisotopic (exact) mass is 391 g/mol. The lowest BCUT2D eigenvalue weighted by Gasteiger charge is -2.33. The van der Waals surface area contributed by atoms with Crippen LogP contribution in [0.25, 0.3) is 0 Å². The molecular weight excluding hydrogens is 374 g/mol. The summed E-state index contributed by atoms with van der Waals surface area (Å²) >= 11 is 3.28. The van der Waals surface area contributed by atoms with E-state index in [1.165, 1.54) is 23.5 Å². The summed E-state index contributed by atoms with van der Waals surface area (Å²) in [5.74, 6) is -1.21. The topological polar surface area (TPSA) is 83.9 Å². The van der Waals surface area contributed by atoms with Crippen LogP contribution in [0.15, 0.2) is 27.6 Å². The van der Waals surface area contributed by atoms with Gasteiger partial charge in [0.15, 0.2) is 0 Å². The quantitative estimate of drug-likeness (QED) is 0.849. The highest BCUT2D eigenvalue weighted by Crippen LogP contribution is 2.31. The minimum atomic E-state index is -3.74. The second kappa shape index (κ2) is 6.55. The Morgan fingerprint density at radius 1 is 1.41 bits per heavy atom. The Morgan fingerprint density at radius 3 is 2.68 bits per heavy atom. The number of nitrogens with zero attached hydrogens (tertiary/aromatic N) is 1. The number of sulfonamides is 1. The Balaban J connectivity index is 2.35. The highest BCUT2D eigenvalue weighted by atomic mass is 79.9. The Kier molecular flexibility index (Phi) is 5.14. The number of aliphatic carboxylic acids is 1. The Labute approximate surface area is 138 Å². The molecule has 1 aliphatic rings. The number of methoxy groups -OCH3 is 1. The van der Waals surface area contributed by atoms with Crippen LogP contribution in [0.2, 0.25) is 0 Å². The average molecular weight is 392 g/mol. The fourth-order valence-corrected chi connectivity index (χ4v) is 4.66. The zero-order valence-corrected chi connectivity index (χ0v) is 14.7. The van der Waals surface area contributed by atoms with E-state index in [0.717, 1.165) is 0 Å². The third-order valence-electron chi connectivity index (χ3n) is 3.74. The number of piperidine rings is 1. The molecule has 1 heterocycles. The molecule has 1 aromatic rings. The number of carboxylic acid groups (broad SMARTS) is 1. The number of benzene rings is 1. The number of hydrogen-bond acceptors (Lipinski definition) is 4. The van der Waals surface area contributed by atoms with Crippen molar-refractivity contribution < 1.29 is 23.1 Å². The van der Waals surface area contributed by atoms with Gasteiger partial charge in [-0.2, -0.15) is 4.31 Å². The normalized spacial score (nSPS) is 23.2. The predicted octanol–water partition coefficient (Wildman–Crippen LogP) is 2.19. The molecule has 2 rings (SSSR count). The number of hydrogen-bond donors (Lipinski definition) is 1. The van der Waals surface area contributed by atoms with Crippen molar-refractivity contribution >= 4 is 31.9 Å². The van der Waals surface area contributed by atoms with E-state index in [4.69, 9.17) is 4.74 Å². The fourth-order valence-electron chi connectivity index (χ4n) is 2.63. The second-order valence-electron chi connectivity index (χ2n) is 5.49. The summed E-state index contributed by atoms with van der Waals surface area (Å²) in [7, 11) is -2.28. The van der Waals surface area contributed by atoms with E-state index in [1.807, 2.05) is 6.92 Å². The smallest absolute Gasteiger partial charge is 0.307 e. The Hall–Kier alpha value is -1.12. The lowest BCUT2D eigenvalue weighted by Crippen LogP contribution is -2.45. The minimum Gasteiger partial charge on any atom is -0.496 e. The van der Waals surface area contributed by atoms with Gasteiger partial charge in [-0.05, 0) is 40.4 Å². The first-order valence-corrected chi connectivity index (χ1v) is 9.05. The van der Waals surface area contributed by atoms with Gasteiger partial charge in [0.2, 0.25) is 10.0 Å². The van der Waals surface area contributed by atoms with E-state index < -0.39 is 21.9 Å². The van der Waals surface area contributed by atoms with E-state index >= 15 is 0 Å². The van der Waals surface area contributed by atoms with Crippen LogP contribution in [0.5, 0.6) is 5.75 Å². The molecule has 2 atom stereocenters. The molecule has 0 aliphatic carbocycles. The lowest BCUT2D eigenvalue weighted by atomic mass is 9.92. The van der Waals surface area contributed by atoms with Crippen molar-refractivity contribution in [3.8, 4) is 5.75 Å². The number of rotatable bonds is 4. The maximum atomic E-state index is 12.7. The maximum Gasteiger partial charge on any atom is 0.307 e. The van der Waals surface area contributed by atoms with Gasteiger partial charge in [0.05, 0.1) is 22.4 Å². The summed E-state index contributed by atoms with van der Waals surface area (Å²) in [6, 6.07) is 4.53. The van der Waals surface area contributed by atoms with Crippen molar-refractivity contribution in [3.05, 3.63) is 22.7 Å². The van der Waals surface area contributed by atoms with Crippen molar-refractivity contribution in [1.29, 1.82) is 0 Å². The first-order chi connectivity index (χ1) is 10.3. The highest BCUT2D eigenvalue weighted by Gasteiger charge is 2.36. The van der Waals surface area contributed by atoms with Crippen LogP contribution in [-0.2, 0) is 14.8 Å². The molecule has 8 heteroatoms. The zero-order valence-electron chi connectivity index (χ0n) is 12.3. The van der Waals surface area contributed by atoms with E-state index in [0.29, 0.717) is 23.2 Å². The van der Waals surface area contributed by atoms with Crippen molar-refractivity contribution in [2.75, 3.05) is 20.2 Å². The lowest BCUT2D eigenvalue weighted by molar-refractivity contribution is -0.143. The molecule has 0 radical (unpaired) electrons. The number of ether oxygens (including phenoxy) is 1. The zero-order chi connectivity index (χ0) is 16.5. The molecule has 122 valence electrons. The summed E-state index contributed by atoms with van der Waals surface area (Å²) in [5.41, 5.74) is 0. The van der Waals surface area contributed by atoms with Crippen molar-refractivity contribution in [3.63, 3.8) is 0 Å². The largest absolute Gasteiger partial charge is 0.496 e. The van der Waals surface area contributed by atoms with Gasteiger partial charge < -0.3 is 9.84 Å². The Morgan fingerprint density at radius 2 is 2.09 bits per heavy atom. The molecule has 1 aliphatic heterocycles.